The fraction of sp³-hybridized carbons (Fsp3) is 0.235. The molecule has 1 aromatic carbocycles. The summed E-state index contributed by atoms with van der Waals surface area (Å²) < 4.78 is 0. The van der Waals surface area contributed by atoms with Crippen LogP contribution in [0.25, 0.3) is 0 Å². The highest BCUT2D eigenvalue weighted by Crippen LogP contribution is 2.17. The summed E-state index contributed by atoms with van der Waals surface area (Å²) >= 11 is 0.948. The lowest BCUT2D eigenvalue weighted by molar-refractivity contribution is -0.124. The second-order valence-corrected chi connectivity index (χ2v) is 6.24. The molecule has 0 unspecified atom stereocenters. The molecule has 8 nitrogen and oxygen atoms in total. The maximum atomic E-state index is 12.1. The molecule has 3 amide bonds. The monoisotopic (exact) mass is 372 g/mol. The van der Waals surface area contributed by atoms with Crippen molar-refractivity contribution in [3.05, 3.63) is 41.6 Å². The van der Waals surface area contributed by atoms with Gasteiger partial charge in [0, 0.05) is 30.5 Å². The van der Waals surface area contributed by atoms with E-state index in [0.29, 0.717) is 11.3 Å². The van der Waals surface area contributed by atoms with Crippen molar-refractivity contribution in [1.29, 1.82) is 5.26 Å². The molecular formula is C17H16N4O4S. The Morgan fingerprint density at radius 3 is 2.54 bits per heavy atom. The van der Waals surface area contributed by atoms with Gasteiger partial charge in [-0.25, -0.2) is 0 Å². The van der Waals surface area contributed by atoms with Crippen molar-refractivity contribution in [3.63, 3.8) is 0 Å². The van der Waals surface area contributed by atoms with Crippen molar-refractivity contribution in [2.24, 2.45) is 0 Å². The second-order valence-electron chi connectivity index (χ2n) is 5.31. The van der Waals surface area contributed by atoms with Gasteiger partial charge in [0.2, 0.25) is 5.91 Å². The van der Waals surface area contributed by atoms with Crippen LogP contribution >= 0.6 is 11.8 Å². The Hall–Kier alpha value is -3.12. The maximum Gasteiger partial charge on any atom is 0.288 e. The lowest BCUT2D eigenvalue weighted by Gasteiger charge is -2.12. The number of ketones is 1. The number of carbonyl (C=O) groups excluding carboxylic acids is 4. The normalized spacial score (nSPS) is 14.2. The van der Waals surface area contributed by atoms with Gasteiger partial charge in [-0.3, -0.25) is 24.1 Å². The van der Waals surface area contributed by atoms with Crippen LogP contribution in [0.4, 0.5) is 10.5 Å². The number of nitrogens with one attached hydrogen (secondary N) is 2. The number of hydrogen-bond acceptors (Lipinski definition) is 7. The van der Waals surface area contributed by atoms with Crippen LogP contribution in [-0.4, -0.2) is 46.6 Å². The van der Waals surface area contributed by atoms with E-state index in [9.17, 15) is 19.2 Å². The van der Waals surface area contributed by atoms with E-state index in [2.05, 4.69) is 10.6 Å². The Kier molecular flexibility index (Phi) is 6.52. The van der Waals surface area contributed by atoms with E-state index >= 15 is 0 Å². The average Bonchev–Trinajstić information content (AvgIpc) is 2.93. The summed E-state index contributed by atoms with van der Waals surface area (Å²) in [6.45, 7) is 1.83. The van der Waals surface area contributed by atoms with E-state index in [4.69, 9.17) is 5.26 Å². The van der Waals surface area contributed by atoms with Crippen LogP contribution < -0.4 is 10.6 Å². The molecule has 0 aromatic heterocycles. The molecule has 26 heavy (non-hydrogen) atoms. The van der Waals surface area contributed by atoms with Crippen molar-refractivity contribution in [1.82, 2.24) is 10.2 Å². The molecule has 1 aliphatic heterocycles. The Bertz CT molecular complexity index is 795. The number of anilines is 1. The van der Waals surface area contributed by atoms with E-state index in [1.165, 1.54) is 13.1 Å². The van der Waals surface area contributed by atoms with Gasteiger partial charge >= 0.3 is 0 Å². The molecule has 0 spiro atoms. The van der Waals surface area contributed by atoms with Gasteiger partial charge in [0.1, 0.15) is 11.6 Å². The molecule has 1 fully saturated rings. The Morgan fingerprint density at radius 1 is 1.31 bits per heavy atom. The summed E-state index contributed by atoms with van der Waals surface area (Å²) in [6.07, 6.45) is 1.23. The molecule has 1 saturated heterocycles. The first-order valence-corrected chi connectivity index (χ1v) is 8.64. The smallest absolute Gasteiger partial charge is 0.288 e. The SMILES string of the molecule is CC(=O)c1ccc(NC(=O)/C(C#N)=C\NCCN2C(=O)CSC2=O)cc1. The molecule has 0 atom stereocenters. The number of nitriles is 1. The quantitative estimate of drug-likeness (QED) is 0.322. The number of benzene rings is 1. The van der Waals surface area contributed by atoms with Gasteiger partial charge in [0.25, 0.3) is 11.1 Å². The molecule has 2 rings (SSSR count). The summed E-state index contributed by atoms with van der Waals surface area (Å²) in [7, 11) is 0. The van der Waals surface area contributed by atoms with Gasteiger partial charge in [-0.2, -0.15) is 5.26 Å². The first-order chi connectivity index (χ1) is 12.4. The number of imide groups is 1. The van der Waals surface area contributed by atoms with Crippen LogP contribution in [0.2, 0.25) is 0 Å². The standard InChI is InChI=1S/C17H16N4O4S/c1-11(22)12-2-4-14(5-3-12)20-16(24)13(8-18)9-19-6-7-21-15(23)10-26-17(21)25/h2-5,9,19H,6-7,10H2,1H3,(H,20,24)/b13-9-. The highest BCUT2D eigenvalue weighted by Gasteiger charge is 2.28. The predicted molar refractivity (Wildman–Crippen MR) is 96.3 cm³/mol. The third-order valence-corrected chi connectivity index (χ3v) is 4.34. The minimum atomic E-state index is -0.612. The molecule has 0 bridgehead atoms. The van der Waals surface area contributed by atoms with Crippen LogP contribution in [0.5, 0.6) is 0 Å². The number of rotatable bonds is 7. The van der Waals surface area contributed by atoms with Crippen LogP contribution in [0.1, 0.15) is 17.3 Å². The minimum absolute atomic E-state index is 0.0851. The molecule has 1 heterocycles. The topological polar surface area (TPSA) is 119 Å². The summed E-state index contributed by atoms with van der Waals surface area (Å²) in [5.41, 5.74) is 0.811. The van der Waals surface area contributed by atoms with Crippen molar-refractivity contribution in [2.45, 2.75) is 6.92 Å². The number of thioether (sulfide) groups is 1. The zero-order valence-corrected chi connectivity index (χ0v) is 14.8. The Balaban J connectivity index is 1.88. The summed E-state index contributed by atoms with van der Waals surface area (Å²) in [5, 5.41) is 14.1. The van der Waals surface area contributed by atoms with E-state index in [0.717, 1.165) is 16.7 Å². The summed E-state index contributed by atoms with van der Waals surface area (Å²) in [5.74, 6) is -0.807. The maximum absolute atomic E-state index is 12.1. The van der Waals surface area contributed by atoms with E-state index in [-0.39, 0.29) is 41.3 Å². The molecule has 0 aliphatic carbocycles. The summed E-state index contributed by atoms with van der Waals surface area (Å²) in [6, 6.07) is 8.07. The number of hydrogen-bond donors (Lipinski definition) is 2. The molecule has 1 aromatic rings. The fourth-order valence-electron chi connectivity index (χ4n) is 2.08. The van der Waals surface area contributed by atoms with Crippen molar-refractivity contribution in [3.8, 4) is 6.07 Å². The number of nitrogens with zero attached hydrogens (tertiary/aromatic N) is 2. The van der Waals surface area contributed by atoms with Crippen molar-refractivity contribution >= 4 is 40.3 Å². The zero-order chi connectivity index (χ0) is 19.1. The van der Waals surface area contributed by atoms with Crippen LogP contribution in [0, 0.1) is 11.3 Å². The van der Waals surface area contributed by atoms with Gasteiger partial charge in [0.15, 0.2) is 5.78 Å². The highest BCUT2D eigenvalue weighted by atomic mass is 32.2. The Morgan fingerprint density at radius 2 is 2.00 bits per heavy atom. The third kappa shape index (κ3) is 4.94. The molecule has 0 saturated carbocycles. The number of amides is 3. The molecule has 0 radical (unpaired) electrons. The minimum Gasteiger partial charge on any atom is -0.388 e. The van der Waals surface area contributed by atoms with E-state index in [1.807, 2.05) is 0 Å². The van der Waals surface area contributed by atoms with E-state index < -0.39 is 5.91 Å². The first kappa shape index (κ1) is 19.2. The third-order valence-electron chi connectivity index (χ3n) is 3.48. The van der Waals surface area contributed by atoms with Gasteiger partial charge < -0.3 is 10.6 Å². The van der Waals surface area contributed by atoms with Crippen LogP contribution in [-0.2, 0) is 9.59 Å². The molecule has 134 valence electrons. The molecule has 2 N–H and O–H groups in total. The van der Waals surface area contributed by atoms with Gasteiger partial charge in [-0.05, 0) is 31.2 Å². The fourth-order valence-corrected chi connectivity index (χ4v) is 2.83. The van der Waals surface area contributed by atoms with Crippen molar-refractivity contribution in [2.75, 3.05) is 24.2 Å². The first-order valence-electron chi connectivity index (χ1n) is 7.65. The van der Waals surface area contributed by atoms with Gasteiger partial charge in [-0.1, -0.05) is 11.8 Å². The lowest BCUT2D eigenvalue weighted by atomic mass is 10.1. The largest absolute Gasteiger partial charge is 0.388 e. The molecule has 9 heteroatoms. The summed E-state index contributed by atoms with van der Waals surface area (Å²) in [4.78, 5) is 47.3. The predicted octanol–water partition coefficient (Wildman–Crippen LogP) is 1.52. The van der Waals surface area contributed by atoms with Crippen molar-refractivity contribution < 1.29 is 19.2 Å². The van der Waals surface area contributed by atoms with Gasteiger partial charge in [-0.15, -0.1) is 0 Å². The number of Topliss-reactive ketones (excluding diaryl/α,β-unsaturated/α-hetero) is 1. The van der Waals surface area contributed by atoms with Gasteiger partial charge in [0.05, 0.1) is 5.75 Å². The van der Waals surface area contributed by atoms with E-state index in [1.54, 1.807) is 30.3 Å². The molecular weight excluding hydrogens is 356 g/mol. The Labute approximate surface area is 154 Å². The molecule has 1 aliphatic rings. The van der Waals surface area contributed by atoms with Crippen LogP contribution in [0.15, 0.2) is 36.0 Å². The zero-order valence-electron chi connectivity index (χ0n) is 13.9. The lowest BCUT2D eigenvalue weighted by Crippen LogP contribution is -2.34. The number of carbonyl (C=O) groups is 4. The van der Waals surface area contributed by atoms with Crippen LogP contribution in [0.3, 0.4) is 0 Å². The second kappa shape index (κ2) is 8.82. The average molecular weight is 372 g/mol. The highest BCUT2D eigenvalue weighted by molar-refractivity contribution is 8.14.